The first-order chi connectivity index (χ1) is 13.7. The molecular formula is C20H15N5O3. The molecule has 2 aromatic heterocycles. The molecule has 0 saturated heterocycles. The molecule has 8 nitrogen and oxygen atoms in total. The van der Waals surface area contributed by atoms with Crippen molar-refractivity contribution in [1.29, 1.82) is 0 Å². The number of para-hydroxylation sites is 2. The number of fused-ring (bicyclic) bond motifs is 1. The largest absolute Gasteiger partial charge is 0.437 e. The van der Waals surface area contributed by atoms with Crippen LogP contribution < -0.4 is 10.9 Å². The molecule has 0 aliphatic heterocycles. The van der Waals surface area contributed by atoms with Crippen LogP contribution in [0.2, 0.25) is 0 Å². The van der Waals surface area contributed by atoms with Crippen molar-refractivity contribution in [2.45, 2.75) is 0 Å². The van der Waals surface area contributed by atoms with Gasteiger partial charge in [0.2, 0.25) is 5.89 Å². The lowest BCUT2D eigenvalue weighted by Gasteiger charge is -2.02. The second-order valence-corrected chi connectivity index (χ2v) is 5.83. The minimum absolute atomic E-state index is 0.224. The highest BCUT2D eigenvalue weighted by atomic mass is 16.3. The first kappa shape index (κ1) is 17.2. The first-order valence-corrected chi connectivity index (χ1v) is 8.44. The SMILES string of the molecule is O=C(/C=C/c1nc2ccccc2o1)NNC(=O)c1cc(-c2ccccc2)n[nH]1. The average Bonchev–Trinajstić information content (AvgIpc) is 3.38. The maximum Gasteiger partial charge on any atom is 0.287 e. The summed E-state index contributed by atoms with van der Waals surface area (Å²) in [5, 5.41) is 6.74. The van der Waals surface area contributed by atoms with Gasteiger partial charge in [-0.3, -0.25) is 25.5 Å². The molecular weight excluding hydrogens is 358 g/mol. The van der Waals surface area contributed by atoms with Gasteiger partial charge in [0.05, 0.1) is 5.69 Å². The number of aromatic nitrogens is 3. The number of hydrogen-bond donors (Lipinski definition) is 3. The molecule has 0 unspecified atom stereocenters. The van der Waals surface area contributed by atoms with Crippen molar-refractivity contribution < 1.29 is 14.0 Å². The normalized spacial score (nSPS) is 11.0. The Morgan fingerprint density at radius 3 is 2.61 bits per heavy atom. The Morgan fingerprint density at radius 2 is 1.79 bits per heavy atom. The highest BCUT2D eigenvalue weighted by molar-refractivity contribution is 5.97. The molecule has 0 spiro atoms. The van der Waals surface area contributed by atoms with Gasteiger partial charge < -0.3 is 4.42 Å². The maximum absolute atomic E-state index is 12.1. The summed E-state index contributed by atoms with van der Waals surface area (Å²) in [6.07, 6.45) is 2.64. The van der Waals surface area contributed by atoms with Crippen LogP contribution in [0.4, 0.5) is 0 Å². The number of carbonyl (C=O) groups is 2. The summed E-state index contributed by atoms with van der Waals surface area (Å²) in [6, 6.07) is 18.3. The Labute approximate surface area is 159 Å². The molecule has 0 radical (unpaired) electrons. The average molecular weight is 373 g/mol. The molecule has 0 bridgehead atoms. The fraction of sp³-hybridized carbons (Fsp3) is 0. The van der Waals surface area contributed by atoms with Crippen LogP contribution in [0.15, 0.2) is 71.2 Å². The van der Waals surface area contributed by atoms with Crippen LogP contribution in [0.1, 0.15) is 16.4 Å². The van der Waals surface area contributed by atoms with E-state index >= 15 is 0 Å². The van der Waals surface area contributed by atoms with Crippen LogP contribution in [0, 0.1) is 0 Å². The molecule has 4 rings (SSSR count). The van der Waals surface area contributed by atoms with Crippen LogP contribution in [0.3, 0.4) is 0 Å². The Balaban J connectivity index is 1.34. The van der Waals surface area contributed by atoms with Crippen molar-refractivity contribution in [2.75, 3.05) is 0 Å². The summed E-state index contributed by atoms with van der Waals surface area (Å²) in [7, 11) is 0. The Bertz CT molecular complexity index is 1130. The fourth-order valence-corrected chi connectivity index (χ4v) is 2.53. The number of hydrazine groups is 1. The number of amides is 2. The van der Waals surface area contributed by atoms with E-state index in [1.807, 2.05) is 48.5 Å². The van der Waals surface area contributed by atoms with Crippen molar-refractivity contribution >= 4 is 29.0 Å². The van der Waals surface area contributed by atoms with E-state index in [1.54, 1.807) is 12.1 Å². The molecule has 0 aliphatic rings. The van der Waals surface area contributed by atoms with Gasteiger partial charge in [-0.15, -0.1) is 0 Å². The van der Waals surface area contributed by atoms with Gasteiger partial charge in [-0.05, 0) is 18.2 Å². The van der Waals surface area contributed by atoms with Crippen molar-refractivity contribution in [2.24, 2.45) is 0 Å². The van der Waals surface area contributed by atoms with E-state index in [9.17, 15) is 9.59 Å². The predicted molar refractivity (Wildman–Crippen MR) is 103 cm³/mol. The van der Waals surface area contributed by atoms with E-state index in [1.165, 1.54) is 12.2 Å². The number of benzene rings is 2. The number of carbonyl (C=O) groups excluding carboxylic acids is 2. The zero-order valence-electron chi connectivity index (χ0n) is 14.5. The predicted octanol–water partition coefficient (Wildman–Crippen LogP) is 2.69. The first-order valence-electron chi connectivity index (χ1n) is 8.44. The van der Waals surface area contributed by atoms with Crippen LogP contribution in [-0.4, -0.2) is 27.0 Å². The summed E-state index contributed by atoms with van der Waals surface area (Å²) in [5.74, 6) is -0.750. The van der Waals surface area contributed by atoms with E-state index in [4.69, 9.17) is 4.42 Å². The van der Waals surface area contributed by atoms with Gasteiger partial charge in [0.25, 0.3) is 11.8 Å². The van der Waals surface area contributed by atoms with Crippen molar-refractivity contribution in [3.05, 3.63) is 78.3 Å². The molecule has 138 valence electrons. The molecule has 0 fully saturated rings. The molecule has 3 N–H and O–H groups in total. The van der Waals surface area contributed by atoms with Crippen LogP contribution in [0.25, 0.3) is 28.4 Å². The maximum atomic E-state index is 12.1. The van der Waals surface area contributed by atoms with Gasteiger partial charge in [0.1, 0.15) is 11.2 Å². The summed E-state index contributed by atoms with van der Waals surface area (Å²) in [4.78, 5) is 28.2. The molecule has 2 aromatic carbocycles. The zero-order chi connectivity index (χ0) is 19.3. The second-order valence-electron chi connectivity index (χ2n) is 5.83. The topological polar surface area (TPSA) is 113 Å². The number of H-pyrrole nitrogens is 1. The van der Waals surface area contributed by atoms with E-state index in [-0.39, 0.29) is 5.69 Å². The smallest absolute Gasteiger partial charge is 0.287 e. The molecule has 0 aliphatic carbocycles. The van der Waals surface area contributed by atoms with Gasteiger partial charge >= 0.3 is 0 Å². The number of rotatable bonds is 4. The summed E-state index contributed by atoms with van der Waals surface area (Å²) in [6.45, 7) is 0. The molecule has 2 amide bonds. The third-order valence-electron chi connectivity index (χ3n) is 3.88. The highest BCUT2D eigenvalue weighted by Gasteiger charge is 2.11. The Hall–Kier alpha value is -4.20. The van der Waals surface area contributed by atoms with E-state index in [0.717, 1.165) is 5.56 Å². The van der Waals surface area contributed by atoms with Crippen molar-refractivity contribution in [3.8, 4) is 11.3 Å². The number of aromatic amines is 1. The number of hydrogen-bond acceptors (Lipinski definition) is 5. The number of nitrogens with one attached hydrogen (secondary N) is 3. The molecule has 2 heterocycles. The molecule has 8 heteroatoms. The second kappa shape index (κ2) is 7.58. The van der Waals surface area contributed by atoms with Gasteiger partial charge in [0, 0.05) is 17.7 Å². The Morgan fingerprint density at radius 1 is 1.00 bits per heavy atom. The van der Waals surface area contributed by atoms with Gasteiger partial charge in [-0.1, -0.05) is 42.5 Å². The summed E-state index contributed by atoms with van der Waals surface area (Å²) in [5.41, 5.74) is 7.67. The fourth-order valence-electron chi connectivity index (χ4n) is 2.53. The summed E-state index contributed by atoms with van der Waals surface area (Å²) < 4.78 is 5.48. The monoisotopic (exact) mass is 373 g/mol. The van der Waals surface area contributed by atoms with E-state index < -0.39 is 11.8 Å². The van der Waals surface area contributed by atoms with Crippen LogP contribution >= 0.6 is 0 Å². The van der Waals surface area contributed by atoms with E-state index in [0.29, 0.717) is 22.7 Å². The zero-order valence-corrected chi connectivity index (χ0v) is 14.5. The van der Waals surface area contributed by atoms with Gasteiger partial charge in [-0.2, -0.15) is 5.10 Å². The van der Waals surface area contributed by atoms with Gasteiger partial charge in [-0.25, -0.2) is 4.98 Å². The molecule has 28 heavy (non-hydrogen) atoms. The minimum Gasteiger partial charge on any atom is -0.437 e. The van der Waals surface area contributed by atoms with Crippen molar-refractivity contribution in [3.63, 3.8) is 0 Å². The van der Waals surface area contributed by atoms with Crippen LogP contribution in [-0.2, 0) is 4.79 Å². The minimum atomic E-state index is -0.529. The lowest BCUT2D eigenvalue weighted by Crippen LogP contribution is -2.40. The standard InChI is InChI=1S/C20H15N5O3/c26-18(10-11-19-21-14-8-4-5-9-17(14)28-19)24-25-20(27)16-12-15(22-23-16)13-6-2-1-3-7-13/h1-12H,(H,22,23)(H,24,26)(H,25,27)/b11-10+. The molecule has 4 aromatic rings. The number of nitrogens with zero attached hydrogens (tertiary/aromatic N) is 2. The van der Waals surface area contributed by atoms with E-state index in [2.05, 4.69) is 26.0 Å². The quantitative estimate of drug-likeness (QED) is 0.376. The highest BCUT2D eigenvalue weighted by Crippen LogP contribution is 2.17. The third-order valence-corrected chi connectivity index (χ3v) is 3.88. The number of oxazole rings is 1. The van der Waals surface area contributed by atoms with Gasteiger partial charge in [0.15, 0.2) is 5.58 Å². The third kappa shape index (κ3) is 3.80. The lowest BCUT2D eigenvalue weighted by atomic mass is 10.1. The molecule has 0 atom stereocenters. The summed E-state index contributed by atoms with van der Waals surface area (Å²) >= 11 is 0. The van der Waals surface area contributed by atoms with Crippen LogP contribution in [0.5, 0.6) is 0 Å². The van der Waals surface area contributed by atoms with Crippen molar-refractivity contribution in [1.82, 2.24) is 26.0 Å². The lowest BCUT2D eigenvalue weighted by molar-refractivity contribution is -0.117. The Kier molecular flexibility index (Phi) is 4.67. The molecule has 0 saturated carbocycles.